The summed E-state index contributed by atoms with van der Waals surface area (Å²) in [5, 5.41) is 0.870. The second kappa shape index (κ2) is 8.41. The van der Waals surface area contributed by atoms with Gasteiger partial charge in [0.2, 0.25) is 0 Å². The minimum atomic E-state index is -3.89. The lowest BCUT2D eigenvalue weighted by atomic mass is 9.93. The predicted molar refractivity (Wildman–Crippen MR) is 132 cm³/mol. The van der Waals surface area contributed by atoms with Crippen LogP contribution in [-0.2, 0) is 10.0 Å². The van der Waals surface area contributed by atoms with Crippen molar-refractivity contribution in [2.45, 2.75) is 37.1 Å². The van der Waals surface area contributed by atoms with Crippen molar-refractivity contribution in [3.05, 3.63) is 76.7 Å². The van der Waals surface area contributed by atoms with E-state index in [1.54, 1.807) is 37.4 Å². The fraction of sp³-hybridized carbons (Fsp3) is 0.208. The van der Waals surface area contributed by atoms with Gasteiger partial charge in [-0.25, -0.2) is 18.4 Å². The zero-order valence-corrected chi connectivity index (χ0v) is 19.9. The maximum Gasteiger partial charge on any atom is 0.261 e. The van der Waals surface area contributed by atoms with E-state index in [-0.39, 0.29) is 28.2 Å². The van der Waals surface area contributed by atoms with E-state index in [0.29, 0.717) is 27.2 Å². The summed E-state index contributed by atoms with van der Waals surface area (Å²) < 4.78 is 30.2. The molecule has 3 N–H and O–H groups in total. The third kappa shape index (κ3) is 3.91. The topological polar surface area (TPSA) is 120 Å². The van der Waals surface area contributed by atoms with Crippen LogP contribution in [0, 0.1) is 6.92 Å². The number of fused-ring (bicyclic) bond motifs is 1. The molecule has 34 heavy (non-hydrogen) atoms. The number of nitrogens with two attached hydrogens (primary N) is 1. The van der Waals surface area contributed by atoms with Crippen molar-refractivity contribution in [3.63, 3.8) is 0 Å². The van der Waals surface area contributed by atoms with Gasteiger partial charge in [-0.3, -0.25) is 9.52 Å². The highest BCUT2D eigenvalue weighted by Gasteiger charge is 2.27. The van der Waals surface area contributed by atoms with Gasteiger partial charge >= 0.3 is 0 Å². The number of nitrogens with one attached hydrogen (secondary N) is 1. The molecule has 0 saturated heterocycles. The molecule has 0 amide bonds. The molecule has 2 aromatic heterocycles. The largest absolute Gasteiger partial charge is 0.383 e. The van der Waals surface area contributed by atoms with E-state index in [4.69, 9.17) is 17.3 Å². The number of hydrogen-bond donors (Lipinski definition) is 2. The summed E-state index contributed by atoms with van der Waals surface area (Å²) in [6, 6.07) is 11.1. The van der Waals surface area contributed by atoms with E-state index in [0.717, 1.165) is 24.8 Å². The summed E-state index contributed by atoms with van der Waals surface area (Å²) in [4.78, 5) is 22.0. The van der Waals surface area contributed by atoms with Gasteiger partial charge in [0.25, 0.3) is 10.0 Å². The zero-order chi connectivity index (χ0) is 24.0. The summed E-state index contributed by atoms with van der Waals surface area (Å²) in [7, 11) is -3.89. The first-order chi connectivity index (χ1) is 16.2. The number of ketones is 1. The van der Waals surface area contributed by atoms with Gasteiger partial charge in [0.05, 0.1) is 15.8 Å². The van der Waals surface area contributed by atoms with Gasteiger partial charge in [-0.15, -0.1) is 0 Å². The number of anilines is 2. The summed E-state index contributed by atoms with van der Waals surface area (Å²) in [6.45, 7) is 1.79. The van der Waals surface area contributed by atoms with Gasteiger partial charge in [-0.05, 0) is 56.0 Å². The van der Waals surface area contributed by atoms with Gasteiger partial charge in [-0.1, -0.05) is 29.8 Å². The molecule has 1 aliphatic rings. The number of rotatable bonds is 6. The molecule has 4 aromatic rings. The highest BCUT2D eigenvalue weighted by atomic mass is 35.5. The van der Waals surface area contributed by atoms with Gasteiger partial charge in [0.1, 0.15) is 17.8 Å². The van der Waals surface area contributed by atoms with Crippen LogP contribution >= 0.6 is 11.6 Å². The Morgan fingerprint density at radius 2 is 1.97 bits per heavy atom. The first-order valence-electron chi connectivity index (χ1n) is 10.8. The summed E-state index contributed by atoms with van der Waals surface area (Å²) in [6.07, 6.45) is 6.34. The van der Waals surface area contributed by atoms with E-state index in [1.165, 1.54) is 24.5 Å². The number of nitrogens with zero attached hydrogens (tertiary/aromatic N) is 3. The van der Waals surface area contributed by atoms with Crippen LogP contribution in [0.4, 0.5) is 11.5 Å². The molecule has 1 fully saturated rings. The molecule has 1 aliphatic carbocycles. The number of carbonyl (C=O) groups excluding carboxylic acids is 1. The summed E-state index contributed by atoms with van der Waals surface area (Å²) in [5.74, 6) is -0.0523. The number of hydrogen-bond acceptors (Lipinski definition) is 6. The Labute approximate surface area is 201 Å². The molecule has 0 spiro atoms. The number of aromatic nitrogens is 3. The second-order valence-corrected chi connectivity index (χ2v) is 10.5. The van der Waals surface area contributed by atoms with Crippen LogP contribution in [-0.4, -0.2) is 28.7 Å². The normalized spacial score (nSPS) is 14.2. The lowest BCUT2D eigenvalue weighted by Gasteiger charge is -2.27. The quantitative estimate of drug-likeness (QED) is 0.373. The van der Waals surface area contributed by atoms with Crippen LogP contribution in [0.25, 0.3) is 11.0 Å². The average molecular weight is 496 g/mol. The van der Waals surface area contributed by atoms with Crippen LogP contribution in [0.15, 0.2) is 59.9 Å². The van der Waals surface area contributed by atoms with Crippen LogP contribution < -0.4 is 10.5 Å². The molecular weight excluding hydrogens is 474 g/mol. The summed E-state index contributed by atoms with van der Waals surface area (Å²) in [5.41, 5.74) is 8.51. The van der Waals surface area contributed by atoms with Crippen molar-refractivity contribution >= 4 is 49.9 Å². The molecule has 0 aliphatic heterocycles. The summed E-state index contributed by atoms with van der Waals surface area (Å²) >= 11 is 6.10. The SMILES string of the molecule is Cc1ccc(S(=O)(=O)Nc2cccc(C(=O)c3cn(C4CCC4)c4ncnc(N)c34)c2)cc1Cl. The highest BCUT2D eigenvalue weighted by molar-refractivity contribution is 7.92. The standard InChI is InChI=1S/C24H22ClN5O3S/c1-14-8-9-18(11-20(14)25)34(32,33)29-16-5-2-4-15(10-16)22(31)19-12-30(17-6-3-7-17)24-21(19)23(26)27-13-28-24/h2,4-5,8-13,17,29H,3,6-7H2,1H3,(H2,26,27,28). The van der Waals surface area contributed by atoms with Crippen LogP contribution in [0.2, 0.25) is 5.02 Å². The monoisotopic (exact) mass is 495 g/mol. The molecule has 10 heteroatoms. The minimum absolute atomic E-state index is 0.0355. The Kier molecular flexibility index (Phi) is 5.53. The molecule has 2 aromatic carbocycles. The molecule has 0 bridgehead atoms. The maximum atomic E-state index is 13.5. The molecule has 174 valence electrons. The Bertz CT molecular complexity index is 1540. The van der Waals surface area contributed by atoms with E-state index < -0.39 is 10.0 Å². The molecule has 5 rings (SSSR count). The first kappa shape index (κ1) is 22.4. The Morgan fingerprint density at radius 1 is 1.18 bits per heavy atom. The number of nitrogen functional groups attached to an aromatic ring is 1. The Balaban J connectivity index is 1.50. The number of aryl methyl sites for hydroxylation is 1. The van der Waals surface area contributed by atoms with E-state index in [2.05, 4.69) is 14.7 Å². The van der Waals surface area contributed by atoms with Crippen molar-refractivity contribution in [2.24, 2.45) is 0 Å². The minimum Gasteiger partial charge on any atom is -0.383 e. The van der Waals surface area contributed by atoms with Gasteiger partial charge in [0, 0.05) is 28.5 Å². The number of benzene rings is 2. The second-order valence-electron chi connectivity index (χ2n) is 8.42. The maximum absolute atomic E-state index is 13.5. The molecule has 1 saturated carbocycles. The number of carbonyl (C=O) groups is 1. The smallest absolute Gasteiger partial charge is 0.261 e. The van der Waals surface area contributed by atoms with Crippen molar-refractivity contribution < 1.29 is 13.2 Å². The van der Waals surface area contributed by atoms with E-state index in [1.807, 2.05) is 4.57 Å². The predicted octanol–water partition coefficient (Wildman–Crippen LogP) is 4.73. The molecule has 8 nitrogen and oxygen atoms in total. The van der Waals surface area contributed by atoms with Crippen molar-refractivity contribution in [1.82, 2.24) is 14.5 Å². The molecule has 0 radical (unpaired) electrons. The number of halogens is 1. The van der Waals surface area contributed by atoms with E-state index >= 15 is 0 Å². The zero-order valence-electron chi connectivity index (χ0n) is 18.3. The number of sulfonamides is 1. The average Bonchev–Trinajstić information content (AvgIpc) is 3.14. The third-order valence-corrected chi connectivity index (χ3v) is 7.97. The molecule has 0 atom stereocenters. The van der Waals surface area contributed by atoms with Crippen molar-refractivity contribution in [3.8, 4) is 0 Å². The Hall–Kier alpha value is -3.43. The molecular formula is C24H22ClN5O3S. The van der Waals surface area contributed by atoms with Gasteiger partial charge in [0.15, 0.2) is 5.78 Å². The van der Waals surface area contributed by atoms with Gasteiger partial charge < -0.3 is 10.3 Å². The van der Waals surface area contributed by atoms with Crippen LogP contribution in [0.1, 0.15) is 46.8 Å². The fourth-order valence-corrected chi connectivity index (χ4v) is 5.38. The first-order valence-corrected chi connectivity index (χ1v) is 12.7. The third-order valence-electron chi connectivity index (χ3n) is 6.18. The van der Waals surface area contributed by atoms with E-state index in [9.17, 15) is 13.2 Å². The Morgan fingerprint density at radius 3 is 2.68 bits per heavy atom. The fourth-order valence-electron chi connectivity index (χ4n) is 4.06. The highest BCUT2D eigenvalue weighted by Crippen LogP contribution is 2.37. The molecule has 2 heterocycles. The van der Waals surface area contributed by atoms with Gasteiger partial charge in [-0.2, -0.15) is 0 Å². The van der Waals surface area contributed by atoms with Crippen molar-refractivity contribution in [1.29, 1.82) is 0 Å². The van der Waals surface area contributed by atoms with Crippen LogP contribution in [0.3, 0.4) is 0 Å². The molecule has 0 unspecified atom stereocenters. The lowest BCUT2D eigenvalue weighted by molar-refractivity contribution is 0.104. The van der Waals surface area contributed by atoms with Crippen molar-refractivity contribution in [2.75, 3.05) is 10.5 Å². The van der Waals surface area contributed by atoms with Crippen LogP contribution in [0.5, 0.6) is 0 Å². The lowest BCUT2D eigenvalue weighted by Crippen LogP contribution is -2.16.